The minimum atomic E-state index is 0.0999. The van der Waals surface area contributed by atoms with Gasteiger partial charge in [-0.2, -0.15) is 0 Å². The number of benzene rings is 1. The molecule has 1 heterocycles. The molecule has 2 unspecified atom stereocenters. The Morgan fingerprint density at radius 2 is 2.10 bits per heavy atom. The van der Waals surface area contributed by atoms with Crippen molar-refractivity contribution in [3.8, 4) is 0 Å². The normalized spacial score (nSPS) is 25.8. The van der Waals surface area contributed by atoms with E-state index in [1.807, 2.05) is 6.07 Å². The number of fused-ring (bicyclic) bond motifs is 1. The van der Waals surface area contributed by atoms with Gasteiger partial charge in [0.2, 0.25) is 0 Å². The summed E-state index contributed by atoms with van der Waals surface area (Å²) in [5.74, 6) is 0.907. The Morgan fingerprint density at radius 3 is 3.00 bits per heavy atom. The van der Waals surface area contributed by atoms with Gasteiger partial charge in [0.15, 0.2) is 0 Å². The Hall–Kier alpha value is -1.35. The van der Waals surface area contributed by atoms with Crippen molar-refractivity contribution in [1.29, 1.82) is 0 Å². The lowest BCUT2D eigenvalue weighted by molar-refractivity contribution is 0.0933. The smallest absolute Gasteiger partial charge is 0.251 e. The Bertz CT molecular complexity index is 512. The van der Waals surface area contributed by atoms with E-state index in [1.165, 1.54) is 30.4 Å². The van der Waals surface area contributed by atoms with E-state index >= 15 is 0 Å². The zero-order chi connectivity index (χ0) is 14.7. The van der Waals surface area contributed by atoms with Gasteiger partial charge in [-0.15, -0.1) is 0 Å². The molecule has 0 aromatic heterocycles. The summed E-state index contributed by atoms with van der Waals surface area (Å²) >= 11 is 0. The monoisotopic (exact) mass is 286 g/mol. The van der Waals surface area contributed by atoms with Crippen LogP contribution in [0.15, 0.2) is 18.2 Å². The lowest BCUT2D eigenvalue weighted by Crippen LogP contribution is -2.34. The summed E-state index contributed by atoms with van der Waals surface area (Å²) in [7, 11) is 0. The molecular weight excluding hydrogens is 260 g/mol. The highest BCUT2D eigenvalue weighted by molar-refractivity contribution is 5.94. The molecule has 1 saturated carbocycles. The zero-order valence-corrected chi connectivity index (χ0v) is 13.0. The molecule has 0 saturated heterocycles. The summed E-state index contributed by atoms with van der Waals surface area (Å²) in [6.07, 6.45) is 7.09. The van der Waals surface area contributed by atoms with Crippen LogP contribution in [0.3, 0.4) is 0 Å². The summed E-state index contributed by atoms with van der Waals surface area (Å²) in [6.45, 7) is 4.25. The van der Waals surface area contributed by atoms with E-state index < -0.39 is 0 Å². The minimum Gasteiger partial charge on any atom is -0.349 e. The third-order valence-corrected chi connectivity index (χ3v) is 4.95. The fourth-order valence-electron chi connectivity index (χ4n) is 3.52. The standard InChI is InChI=1S/C18H26N2O/c1-13-3-2-4-17(8-5-13)20-18(21)15-7-6-14-9-10-19-12-16(14)11-15/h6-7,11,13,17,19H,2-5,8-10,12H2,1H3,(H,20,21). The van der Waals surface area contributed by atoms with Gasteiger partial charge in [0, 0.05) is 18.2 Å². The molecule has 3 nitrogen and oxygen atoms in total. The highest BCUT2D eigenvalue weighted by Gasteiger charge is 2.19. The first kappa shape index (κ1) is 14.6. The van der Waals surface area contributed by atoms with Crippen LogP contribution in [-0.2, 0) is 13.0 Å². The maximum atomic E-state index is 12.5. The molecule has 0 radical (unpaired) electrons. The van der Waals surface area contributed by atoms with Crippen LogP contribution in [0.4, 0.5) is 0 Å². The van der Waals surface area contributed by atoms with Crippen molar-refractivity contribution in [1.82, 2.24) is 10.6 Å². The Labute approximate surface area is 127 Å². The molecule has 2 aliphatic rings. The van der Waals surface area contributed by atoms with Gasteiger partial charge >= 0.3 is 0 Å². The SMILES string of the molecule is CC1CCCC(NC(=O)c2ccc3c(c2)CNCC3)CC1. The molecule has 3 rings (SSSR count). The van der Waals surface area contributed by atoms with Crippen LogP contribution in [-0.4, -0.2) is 18.5 Å². The van der Waals surface area contributed by atoms with Crippen LogP contribution >= 0.6 is 0 Å². The lowest BCUT2D eigenvalue weighted by atomic mass is 9.98. The first-order valence-corrected chi connectivity index (χ1v) is 8.36. The molecule has 2 atom stereocenters. The average molecular weight is 286 g/mol. The van der Waals surface area contributed by atoms with Crippen LogP contribution in [0.1, 0.15) is 60.5 Å². The molecule has 1 fully saturated rings. The molecule has 1 aromatic carbocycles. The van der Waals surface area contributed by atoms with E-state index in [2.05, 4.69) is 29.7 Å². The van der Waals surface area contributed by atoms with Crippen molar-refractivity contribution in [3.63, 3.8) is 0 Å². The quantitative estimate of drug-likeness (QED) is 0.821. The highest BCUT2D eigenvalue weighted by Crippen LogP contribution is 2.23. The predicted molar refractivity (Wildman–Crippen MR) is 85.4 cm³/mol. The van der Waals surface area contributed by atoms with Crippen molar-refractivity contribution < 1.29 is 4.79 Å². The number of carbonyl (C=O) groups excluding carboxylic acids is 1. The molecule has 3 heteroatoms. The van der Waals surface area contributed by atoms with E-state index in [9.17, 15) is 4.79 Å². The van der Waals surface area contributed by atoms with E-state index in [0.29, 0.717) is 6.04 Å². The Morgan fingerprint density at radius 1 is 1.19 bits per heavy atom. The number of amides is 1. The van der Waals surface area contributed by atoms with E-state index in [1.54, 1.807) is 0 Å². The summed E-state index contributed by atoms with van der Waals surface area (Å²) in [5, 5.41) is 6.61. The van der Waals surface area contributed by atoms with E-state index in [-0.39, 0.29) is 5.91 Å². The maximum Gasteiger partial charge on any atom is 0.251 e. The third-order valence-electron chi connectivity index (χ3n) is 4.95. The summed E-state index contributed by atoms with van der Waals surface area (Å²) in [4.78, 5) is 12.5. The van der Waals surface area contributed by atoms with Crippen molar-refractivity contribution in [3.05, 3.63) is 34.9 Å². The van der Waals surface area contributed by atoms with Crippen LogP contribution in [0.2, 0.25) is 0 Å². The summed E-state index contributed by atoms with van der Waals surface area (Å²) in [5.41, 5.74) is 3.48. The third kappa shape index (κ3) is 3.65. The molecular formula is C18H26N2O. The number of rotatable bonds is 2. The molecule has 0 spiro atoms. The van der Waals surface area contributed by atoms with Gasteiger partial charge in [-0.05, 0) is 61.4 Å². The largest absolute Gasteiger partial charge is 0.349 e. The van der Waals surface area contributed by atoms with Gasteiger partial charge in [0.05, 0.1) is 0 Å². The second-order valence-electron chi connectivity index (χ2n) is 6.69. The van der Waals surface area contributed by atoms with Gasteiger partial charge in [0.25, 0.3) is 5.91 Å². The maximum absolute atomic E-state index is 12.5. The summed E-state index contributed by atoms with van der Waals surface area (Å²) in [6, 6.07) is 6.53. The number of hydrogen-bond acceptors (Lipinski definition) is 2. The lowest BCUT2D eigenvalue weighted by Gasteiger charge is -2.19. The topological polar surface area (TPSA) is 41.1 Å². The van der Waals surface area contributed by atoms with Gasteiger partial charge in [0.1, 0.15) is 0 Å². The van der Waals surface area contributed by atoms with Crippen LogP contribution in [0, 0.1) is 5.92 Å². The second-order valence-corrected chi connectivity index (χ2v) is 6.69. The molecule has 114 valence electrons. The van der Waals surface area contributed by atoms with Gasteiger partial charge in [-0.3, -0.25) is 4.79 Å². The average Bonchev–Trinajstić information content (AvgIpc) is 2.71. The van der Waals surface area contributed by atoms with Crippen molar-refractivity contribution in [2.45, 2.75) is 58.0 Å². The zero-order valence-electron chi connectivity index (χ0n) is 13.0. The fraction of sp³-hybridized carbons (Fsp3) is 0.611. The molecule has 1 aromatic rings. The summed E-state index contributed by atoms with van der Waals surface area (Å²) < 4.78 is 0. The second kappa shape index (κ2) is 6.61. The van der Waals surface area contributed by atoms with E-state index in [4.69, 9.17) is 0 Å². The molecule has 2 N–H and O–H groups in total. The van der Waals surface area contributed by atoms with Crippen molar-refractivity contribution in [2.24, 2.45) is 5.92 Å². The highest BCUT2D eigenvalue weighted by atomic mass is 16.1. The molecule has 1 amide bonds. The number of nitrogens with one attached hydrogen (secondary N) is 2. The van der Waals surface area contributed by atoms with E-state index in [0.717, 1.165) is 43.8 Å². The predicted octanol–water partition coefficient (Wildman–Crippen LogP) is 3.03. The molecule has 21 heavy (non-hydrogen) atoms. The van der Waals surface area contributed by atoms with Crippen LogP contribution < -0.4 is 10.6 Å². The fourth-order valence-corrected chi connectivity index (χ4v) is 3.52. The first-order chi connectivity index (χ1) is 10.2. The first-order valence-electron chi connectivity index (χ1n) is 8.36. The van der Waals surface area contributed by atoms with Crippen LogP contribution in [0.25, 0.3) is 0 Å². The Kier molecular flexibility index (Phi) is 4.59. The number of hydrogen-bond donors (Lipinski definition) is 2. The molecule has 0 bridgehead atoms. The van der Waals surface area contributed by atoms with Gasteiger partial charge < -0.3 is 10.6 Å². The van der Waals surface area contributed by atoms with Crippen molar-refractivity contribution in [2.75, 3.05) is 6.54 Å². The minimum absolute atomic E-state index is 0.0999. The molecule has 1 aliphatic heterocycles. The molecule has 1 aliphatic carbocycles. The van der Waals surface area contributed by atoms with Gasteiger partial charge in [-0.1, -0.05) is 25.8 Å². The Balaban J connectivity index is 1.65. The van der Waals surface area contributed by atoms with Gasteiger partial charge in [-0.25, -0.2) is 0 Å². The number of carbonyl (C=O) groups is 1. The van der Waals surface area contributed by atoms with Crippen LogP contribution in [0.5, 0.6) is 0 Å². The van der Waals surface area contributed by atoms with Crippen molar-refractivity contribution >= 4 is 5.91 Å².